The van der Waals surface area contributed by atoms with Crippen molar-refractivity contribution in [3.8, 4) is 17.2 Å². The van der Waals surface area contributed by atoms with Crippen LogP contribution in [0.1, 0.15) is 52.6 Å². The lowest BCUT2D eigenvalue weighted by molar-refractivity contribution is -0.137. The molecule has 0 saturated carbocycles. The summed E-state index contributed by atoms with van der Waals surface area (Å²) in [7, 11) is 0. The van der Waals surface area contributed by atoms with Crippen molar-refractivity contribution < 1.29 is 51.3 Å². The van der Waals surface area contributed by atoms with Crippen LogP contribution in [0.15, 0.2) is 193 Å². The largest absolute Gasteiger partial charge is 0.508 e. The number of anilines is 1. The molecule has 3 unspecified atom stereocenters. The van der Waals surface area contributed by atoms with E-state index in [1.807, 2.05) is 0 Å². The molecule has 9 aromatic rings. The number of halogens is 6. The van der Waals surface area contributed by atoms with Crippen molar-refractivity contribution in [3.63, 3.8) is 0 Å². The molecule has 0 radical (unpaired) electrons. The Morgan fingerprint density at radius 1 is 0.513 bits per heavy atom. The molecule has 3 atom stereocenters. The number of alkyl halides is 6. The second-order valence-corrected chi connectivity index (χ2v) is 20.3. The highest BCUT2D eigenvalue weighted by molar-refractivity contribution is 6.14. The van der Waals surface area contributed by atoms with Gasteiger partial charge in [0.25, 0.3) is 0 Å². The normalized spacial score (nSPS) is 19.0. The Bertz CT molecular complexity index is 3970. The van der Waals surface area contributed by atoms with Gasteiger partial charge < -0.3 is 25.1 Å². The van der Waals surface area contributed by atoms with Gasteiger partial charge in [-0.25, -0.2) is 0 Å². The van der Waals surface area contributed by atoms with Crippen LogP contribution in [0.2, 0.25) is 0 Å². The fraction of sp³-hybridized carbons (Fsp3) is 0.175. The number of phenolic OH excluding ortho intramolecular Hbond substituents is 3. The second kappa shape index (κ2) is 18.4. The van der Waals surface area contributed by atoms with Crippen molar-refractivity contribution in [2.45, 2.75) is 48.5 Å². The van der Waals surface area contributed by atoms with Crippen molar-refractivity contribution in [1.29, 1.82) is 0 Å². The molecule has 2 heterocycles. The van der Waals surface area contributed by atoms with Gasteiger partial charge in [0.05, 0.1) is 22.9 Å². The maximum atomic E-state index is 15.8. The van der Waals surface area contributed by atoms with Crippen LogP contribution in [0, 0.1) is 10.8 Å². The maximum Gasteiger partial charge on any atom is 0.418 e. The van der Waals surface area contributed by atoms with Gasteiger partial charge in [0.2, 0.25) is 11.8 Å². The smallest absolute Gasteiger partial charge is 0.418 e. The number of unbranched alkanes of at least 4 members (excludes halogenated alkanes) is 2. The van der Waals surface area contributed by atoms with E-state index in [0.29, 0.717) is 65.3 Å². The number of likely N-dealkylation sites (tertiary alicyclic amines) is 1. The van der Waals surface area contributed by atoms with Gasteiger partial charge in [-0.3, -0.25) is 9.59 Å². The predicted octanol–water partition coefficient (Wildman–Crippen LogP) is 14.6. The molecule has 15 heteroatoms. The number of benzene rings is 9. The van der Waals surface area contributed by atoms with E-state index in [9.17, 15) is 20.2 Å². The van der Waals surface area contributed by atoms with Crippen molar-refractivity contribution in [2.75, 3.05) is 18.0 Å². The van der Waals surface area contributed by atoms with Crippen LogP contribution >= 0.6 is 0 Å². The van der Waals surface area contributed by atoms with Gasteiger partial charge in [-0.1, -0.05) is 103 Å². The van der Waals surface area contributed by atoms with E-state index in [4.69, 9.17) is 0 Å². The zero-order valence-corrected chi connectivity index (χ0v) is 41.2. The highest BCUT2D eigenvalue weighted by atomic mass is 19.4. The minimum atomic E-state index is -4.92. The Hall–Kier alpha value is -8.98. The van der Waals surface area contributed by atoms with Gasteiger partial charge in [-0.2, -0.15) is 26.3 Å². The summed E-state index contributed by atoms with van der Waals surface area (Å²) in [5, 5.41) is 38.9. The summed E-state index contributed by atoms with van der Waals surface area (Å²) in [4.78, 5) is 45.5. The summed E-state index contributed by atoms with van der Waals surface area (Å²) in [5.41, 5.74) is -4.11. The molecule has 12 rings (SSSR count). The second-order valence-electron chi connectivity index (χ2n) is 20.3. The van der Waals surface area contributed by atoms with E-state index in [-0.39, 0.29) is 66.5 Å². The van der Waals surface area contributed by atoms with Crippen LogP contribution in [-0.4, -0.2) is 57.3 Å². The highest BCUT2D eigenvalue weighted by Gasteiger charge is 2.64. The zero-order chi connectivity index (χ0) is 54.5. The number of carbonyl (C=O) groups excluding carboxylic acids is 2. The van der Waals surface area contributed by atoms with Crippen LogP contribution in [0.3, 0.4) is 0 Å². The molecule has 2 amide bonds. The summed E-state index contributed by atoms with van der Waals surface area (Å²) >= 11 is 0. The number of phenols is 3. The molecule has 2 aliphatic heterocycles. The van der Waals surface area contributed by atoms with Crippen molar-refractivity contribution in [3.05, 3.63) is 226 Å². The third-order valence-corrected chi connectivity index (χ3v) is 16.1. The summed E-state index contributed by atoms with van der Waals surface area (Å²) in [6, 6.07) is 41.5. The number of nitrogens with zero attached hydrogens (tertiary/aromatic N) is 3. The van der Waals surface area contributed by atoms with Crippen LogP contribution in [0.4, 0.5) is 37.7 Å². The van der Waals surface area contributed by atoms with E-state index < -0.39 is 58.1 Å². The first-order valence-corrected chi connectivity index (χ1v) is 25.3. The lowest BCUT2D eigenvalue weighted by atomic mass is 9.63. The summed E-state index contributed by atoms with van der Waals surface area (Å²) in [6.07, 6.45) is -5.46. The monoisotopic (exact) mass is 1050 g/mol. The third kappa shape index (κ3) is 7.84. The summed E-state index contributed by atoms with van der Waals surface area (Å²) in [6.45, 7) is -0.414. The molecule has 78 heavy (non-hydrogen) atoms. The standard InChI is InChI=1S/C63H45F6N3O6/c64-62(65,66)54-8-4-6-52-56(54)71(58(76)60(52,45-19-11-41-33-49(73)23-15-37(41)29-45)44-18-10-40-32-48(70-78)22-14-36(40)28-44)26-2-1-3-27-72-57-53(7-5-9-55(57)63(67,68)69)61(59(72)77,46-20-12-42-34-50(74)24-16-38(42)30-46)47-21-13-43-35-51(75)25-17-39(43)31-47/h4-25,28-35,53,57,73-75H,1-3,26-27H2. The number of carbonyl (C=O) groups is 2. The van der Waals surface area contributed by atoms with Crippen molar-refractivity contribution in [1.82, 2.24) is 4.90 Å². The first-order chi connectivity index (χ1) is 37.4. The Morgan fingerprint density at radius 3 is 1.51 bits per heavy atom. The van der Waals surface area contributed by atoms with Gasteiger partial charge in [0.15, 0.2) is 0 Å². The van der Waals surface area contributed by atoms with Crippen LogP contribution in [0.5, 0.6) is 17.2 Å². The van der Waals surface area contributed by atoms with E-state index in [1.165, 1.54) is 53.4 Å². The predicted molar refractivity (Wildman–Crippen MR) is 287 cm³/mol. The molecule has 390 valence electrons. The molecule has 0 spiro atoms. The van der Waals surface area contributed by atoms with Gasteiger partial charge in [-0.05, 0) is 169 Å². The number of hydrogen-bond donors (Lipinski definition) is 3. The number of nitroso groups, excluding NO2 is 1. The van der Waals surface area contributed by atoms with Gasteiger partial charge in [-0.15, -0.1) is 4.91 Å². The molecule has 9 aromatic carbocycles. The average molecular weight is 1050 g/mol. The number of fused-ring (bicyclic) bond motifs is 6. The molecule has 0 bridgehead atoms. The van der Waals surface area contributed by atoms with Crippen LogP contribution in [0.25, 0.3) is 43.1 Å². The lowest BCUT2D eigenvalue weighted by Gasteiger charge is -2.36. The van der Waals surface area contributed by atoms with E-state index in [0.717, 1.165) is 17.0 Å². The molecular weight excluding hydrogens is 1010 g/mol. The SMILES string of the molecule is O=Nc1ccc2cc(C3(c4ccc5cc(O)ccc5c4)C(=O)N(CCCCCN4C(=O)C(c5ccc6cc(O)ccc6c5)(c5ccc6cc(O)ccc6c5)C5C=CC=C(C(F)(F)F)C54)c4c(C(F)(F)F)cccc43)ccc2c1. The van der Waals surface area contributed by atoms with Crippen LogP contribution < -0.4 is 4.90 Å². The quantitative estimate of drug-likeness (QED) is 0.0672. The van der Waals surface area contributed by atoms with Crippen molar-refractivity contribution in [2.24, 2.45) is 11.1 Å². The molecule has 1 aliphatic carbocycles. The third-order valence-electron chi connectivity index (χ3n) is 16.1. The Labute approximate surface area is 441 Å². The van der Waals surface area contributed by atoms with E-state index >= 15 is 35.9 Å². The number of hydrogen-bond acceptors (Lipinski definition) is 7. The topological polar surface area (TPSA) is 131 Å². The van der Waals surface area contributed by atoms with Gasteiger partial charge in [0, 0.05) is 24.6 Å². The summed E-state index contributed by atoms with van der Waals surface area (Å²) < 4.78 is 92.3. The molecule has 1 fully saturated rings. The molecule has 9 nitrogen and oxygen atoms in total. The first kappa shape index (κ1) is 49.9. The zero-order valence-electron chi connectivity index (χ0n) is 41.2. The van der Waals surface area contributed by atoms with Gasteiger partial charge in [0.1, 0.15) is 33.8 Å². The number of allylic oxidation sites excluding steroid dienone is 2. The fourth-order valence-electron chi connectivity index (χ4n) is 12.6. The fourth-order valence-corrected chi connectivity index (χ4v) is 12.6. The molecule has 1 saturated heterocycles. The lowest BCUT2D eigenvalue weighted by Crippen LogP contribution is -2.43. The van der Waals surface area contributed by atoms with Gasteiger partial charge >= 0.3 is 12.4 Å². The number of aromatic hydroxyl groups is 3. The molecule has 3 aliphatic rings. The van der Waals surface area contributed by atoms with Crippen molar-refractivity contribution >= 4 is 66.3 Å². The molecule has 3 N–H and O–H groups in total. The minimum absolute atomic E-state index is 0.00546. The van der Waals surface area contributed by atoms with Crippen LogP contribution in [-0.2, 0) is 26.6 Å². The molecule has 0 aromatic heterocycles. The highest BCUT2D eigenvalue weighted by Crippen LogP contribution is 2.57. The maximum absolute atomic E-state index is 15.8. The molecular formula is C63H45F6N3O6. The first-order valence-electron chi connectivity index (χ1n) is 25.3. The average Bonchev–Trinajstić information content (AvgIpc) is 4.09. The Kier molecular flexibility index (Phi) is 11.7. The Morgan fingerprint density at radius 2 is 0.987 bits per heavy atom. The van der Waals surface area contributed by atoms with E-state index in [1.54, 1.807) is 121 Å². The minimum Gasteiger partial charge on any atom is -0.508 e. The van der Waals surface area contributed by atoms with E-state index in [2.05, 4.69) is 5.18 Å². The number of para-hydroxylation sites is 1. The number of rotatable bonds is 11. The summed E-state index contributed by atoms with van der Waals surface area (Å²) in [5.74, 6) is -2.36. The number of amides is 2. The Balaban J connectivity index is 0.922.